The van der Waals surface area contributed by atoms with Gasteiger partial charge in [-0.3, -0.25) is 14.5 Å². The molecule has 2 aromatic heterocycles. The van der Waals surface area contributed by atoms with Crippen LogP contribution in [0.25, 0.3) is 21.3 Å². The van der Waals surface area contributed by atoms with Gasteiger partial charge in [-0.15, -0.1) is 11.3 Å². The number of carbonyl (C=O) groups excluding carboxylic acids is 1. The molecule has 2 atom stereocenters. The second-order valence-electron chi connectivity index (χ2n) is 9.36. The van der Waals surface area contributed by atoms with E-state index in [1.165, 1.54) is 5.56 Å². The molecular formula is C26H34N4O2S. The quantitative estimate of drug-likeness (QED) is 0.525. The number of benzene rings is 1. The lowest BCUT2D eigenvalue weighted by atomic mass is 9.96. The summed E-state index contributed by atoms with van der Waals surface area (Å²) in [4.78, 5) is 37.8. The molecule has 2 unspecified atom stereocenters. The van der Waals surface area contributed by atoms with E-state index in [9.17, 15) is 9.59 Å². The van der Waals surface area contributed by atoms with Gasteiger partial charge in [-0.1, -0.05) is 43.2 Å². The van der Waals surface area contributed by atoms with E-state index in [0.29, 0.717) is 24.3 Å². The zero-order valence-corrected chi connectivity index (χ0v) is 20.8. The molecule has 0 bridgehead atoms. The highest BCUT2D eigenvalue weighted by atomic mass is 32.1. The first-order valence-corrected chi connectivity index (χ1v) is 12.8. The summed E-state index contributed by atoms with van der Waals surface area (Å²) in [6, 6.07) is 8.48. The Morgan fingerprint density at radius 2 is 2.06 bits per heavy atom. The van der Waals surface area contributed by atoms with Gasteiger partial charge in [0.2, 0.25) is 5.91 Å². The monoisotopic (exact) mass is 466 g/mol. The summed E-state index contributed by atoms with van der Waals surface area (Å²) in [6.07, 6.45) is 3.95. The first kappa shape index (κ1) is 23.6. The number of hydrogen-bond donors (Lipinski definition) is 2. The van der Waals surface area contributed by atoms with Gasteiger partial charge >= 0.3 is 0 Å². The topological polar surface area (TPSA) is 78.1 Å². The predicted octanol–water partition coefficient (Wildman–Crippen LogP) is 4.79. The lowest BCUT2D eigenvalue weighted by Crippen LogP contribution is -2.45. The van der Waals surface area contributed by atoms with Gasteiger partial charge in [0.15, 0.2) is 0 Å². The zero-order valence-electron chi connectivity index (χ0n) is 20.0. The van der Waals surface area contributed by atoms with Crippen molar-refractivity contribution in [2.75, 3.05) is 13.1 Å². The summed E-state index contributed by atoms with van der Waals surface area (Å²) in [5.41, 5.74) is 3.13. The highest BCUT2D eigenvalue weighted by Crippen LogP contribution is 2.35. The Morgan fingerprint density at radius 1 is 1.30 bits per heavy atom. The van der Waals surface area contributed by atoms with Crippen molar-refractivity contribution in [2.24, 2.45) is 5.92 Å². The molecular weight excluding hydrogens is 432 g/mol. The van der Waals surface area contributed by atoms with E-state index in [1.807, 2.05) is 6.92 Å². The fourth-order valence-electron chi connectivity index (χ4n) is 4.80. The molecule has 3 heterocycles. The van der Waals surface area contributed by atoms with Crippen LogP contribution in [0.1, 0.15) is 55.8 Å². The van der Waals surface area contributed by atoms with Gasteiger partial charge in [0.1, 0.15) is 10.7 Å². The van der Waals surface area contributed by atoms with E-state index >= 15 is 0 Å². The average Bonchev–Trinajstić information content (AvgIpc) is 3.11. The van der Waals surface area contributed by atoms with Crippen molar-refractivity contribution >= 4 is 27.5 Å². The molecule has 1 amide bonds. The average molecular weight is 467 g/mol. The van der Waals surface area contributed by atoms with Gasteiger partial charge in [0.25, 0.3) is 5.56 Å². The molecule has 0 aliphatic carbocycles. The number of carbonyl (C=O) groups is 1. The summed E-state index contributed by atoms with van der Waals surface area (Å²) in [5.74, 6) is 0.810. The van der Waals surface area contributed by atoms with Gasteiger partial charge in [-0.2, -0.15) is 0 Å². The summed E-state index contributed by atoms with van der Waals surface area (Å²) in [7, 11) is 0. The van der Waals surface area contributed by atoms with Crippen LogP contribution < -0.4 is 10.9 Å². The summed E-state index contributed by atoms with van der Waals surface area (Å²) < 4.78 is 0. The standard InChI is InChI=1S/C26H34N4O2S/c1-5-7-17(3)27-24(31)20-8-6-13-30(14-20)15-21-28-25(32)23-22(18(4)33-26(23)29-21)19-11-9-16(2)10-12-19/h9-12,17,20H,5-8,13-15H2,1-4H3,(H,27,31)(H,28,29,32). The minimum atomic E-state index is -0.0883. The number of likely N-dealkylation sites (tertiary alicyclic amines) is 1. The number of nitrogens with zero attached hydrogens (tertiary/aromatic N) is 2. The van der Waals surface area contributed by atoms with Crippen LogP contribution >= 0.6 is 11.3 Å². The lowest BCUT2D eigenvalue weighted by Gasteiger charge is -2.32. The first-order valence-electron chi connectivity index (χ1n) is 12.0. The van der Waals surface area contributed by atoms with Crippen molar-refractivity contribution in [1.29, 1.82) is 0 Å². The number of hydrogen-bond acceptors (Lipinski definition) is 5. The van der Waals surface area contributed by atoms with Gasteiger partial charge in [0, 0.05) is 23.0 Å². The van der Waals surface area contributed by atoms with Crippen LogP contribution in [-0.2, 0) is 11.3 Å². The SMILES string of the molecule is CCCC(C)NC(=O)C1CCCN(Cc2nc3sc(C)c(-c4ccc(C)cc4)c3c(=O)[nH]2)C1. The van der Waals surface area contributed by atoms with Crippen LogP contribution in [0.3, 0.4) is 0 Å². The van der Waals surface area contributed by atoms with Gasteiger partial charge in [-0.05, 0) is 52.1 Å². The van der Waals surface area contributed by atoms with Crippen molar-refractivity contribution in [3.05, 3.63) is 50.9 Å². The number of fused-ring (bicyclic) bond motifs is 1. The smallest absolute Gasteiger partial charge is 0.260 e. The Bertz CT molecular complexity index is 1180. The summed E-state index contributed by atoms with van der Waals surface area (Å²) >= 11 is 1.57. The van der Waals surface area contributed by atoms with E-state index in [4.69, 9.17) is 4.98 Å². The van der Waals surface area contributed by atoms with Crippen LogP contribution in [0, 0.1) is 19.8 Å². The number of aromatic amines is 1. The van der Waals surface area contributed by atoms with Crippen LogP contribution in [0.4, 0.5) is 0 Å². The molecule has 1 aliphatic heterocycles. The molecule has 6 nitrogen and oxygen atoms in total. The third-order valence-electron chi connectivity index (χ3n) is 6.49. The highest BCUT2D eigenvalue weighted by Gasteiger charge is 2.27. The molecule has 3 aromatic rings. The molecule has 1 aliphatic rings. The van der Waals surface area contributed by atoms with Gasteiger partial charge in [0.05, 0.1) is 17.8 Å². The van der Waals surface area contributed by atoms with Crippen molar-refractivity contribution in [2.45, 2.75) is 66.0 Å². The Morgan fingerprint density at radius 3 is 2.79 bits per heavy atom. The second-order valence-corrected chi connectivity index (χ2v) is 10.6. The maximum atomic E-state index is 13.1. The number of amides is 1. The highest BCUT2D eigenvalue weighted by molar-refractivity contribution is 7.19. The van der Waals surface area contributed by atoms with E-state index < -0.39 is 0 Å². The molecule has 4 rings (SSSR count). The molecule has 33 heavy (non-hydrogen) atoms. The number of nitrogens with one attached hydrogen (secondary N) is 2. The maximum Gasteiger partial charge on any atom is 0.260 e. The van der Waals surface area contributed by atoms with E-state index in [2.05, 4.69) is 60.2 Å². The van der Waals surface area contributed by atoms with Crippen LogP contribution in [-0.4, -0.2) is 39.9 Å². The largest absolute Gasteiger partial charge is 0.353 e. The van der Waals surface area contributed by atoms with Crippen molar-refractivity contribution in [1.82, 2.24) is 20.2 Å². The van der Waals surface area contributed by atoms with Crippen LogP contribution in [0.2, 0.25) is 0 Å². The normalized spacial score (nSPS) is 17.9. The summed E-state index contributed by atoms with van der Waals surface area (Å²) in [6.45, 7) is 10.5. The fraction of sp³-hybridized carbons (Fsp3) is 0.500. The maximum absolute atomic E-state index is 13.1. The minimum absolute atomic E-state index is 0.00867. The number of thiophene rings is 1. The Balaban J connectivity index is 1.52. The summed E-state index contributed by atoms with van der Waals surface area (Å²) in [5, 5.41) is 3.83. The number of rotatable bonds is 7. The third kappa shape index (κ3) is 5.36. The predicted molar refractivity (Wildman–Crippen MR) is 136 cm³/mol. The molecule has 1 saturated heterocycles. The van der Waals surface area contributed by atoms with Gasteiger partial charge < -0.3 is 10.3 Å². The third-order valence-corrected chi connectivity index (χ3v) is 7.49. The number of aromatic nitrogens is 2. The Labute approximate surface area is 199 Å². The van der Waals surface area contributed by atoms with Gasteiger partial charge in [-0.25, -0.2) is 4.98 Å². The number of piperidine rings is 1. The minimum Gasteiger partial charge on any atom is -0.353 e. The molecule has 1 aromatic carbocycles. The Hall–Kier alpha value is -2.51. The molecule has 0 saturated carbocycles. The van der Waals surface area contributed by atoms with Crippen LogP contribution in [0.15, 0.2) is 29.1 Å². The second kappa shape index (κ2) is 10.2. The fourth-order valence-corrected chi connectivity index (χ4v) is 5.86. The molecule has 7 heteroatoms. The lowest BCUT2D eigenvalue weighted by molar-refractivity contribution is -0.127. The zero-order chi connectivity index (χ0) is 23.5. The number of aryl methyl sites for hydroxylation is 2. The van der Waals surface area contributed by atoms with E-state index in [1.54, 1.807) is 11.3 Å². The van der Waals surface area contributed by atoms with E-state index in [-0.39, 0.29) is 23.4 Å². The Kier molecular flexibility index (Phi) is 7.29. The molecule has 1 fully saturated rings. The van der Waals surface area contributed by atoms with E-state index in [0.717, 1.165) is 53.1 Å². The molecule has 0 spiro atoms. The first-order chi connectivity index (χ1) is 15.9. The number of H-pyrrole nitrogens is 1. The molecule has 2 N–H and O–H groups in total. The van der Waals surface area contributed by atoms with Crippen molar-refractivity contribution < 1.29 is 4.79 Å². The molecule has 176 valence electrons. The van der Waals surface area contributed by atoms with Crippen LogP contribution in [0.5, 0.6) is 0 Å². The van der Waals surface area contributed by atoms with Crippen molar-refractivity contribution in [3.63, 3.8) is 0 Å². The molecule has 0 radical (unpaired) electrons. The van der Waals surface area contributed by atoms with Crippen molar-refractivity contribution in [3.8, 4) is 11.1 Å².